The summed E-state index contributed by atoms with van der Waals surface area (Å²) in [7, 11) is -0.984. The smallest absolute Gasteiger partial charge is 0.145 e. The Morgan fingerprint density at radius 1 is 1.38 bits per heavy atom. The van der Waals surface area contributed by atoms with Crippen LogP contribution in [-0.4, -0.2) is 22.0 Å². The van der Waals surface area contributed by atoms with Crippen molar-refractivity contribution in [2.24, 2.45) is 5.41 Å². The summed E-state index contributed by atoms with van der Waals surface area (Å²) in [5.74, 6) is 0.340. The first-order valence-corrected chi connectivity index (χ1v) is 6.42. The van der Waals surface area contributed by atoms with Crippen LogP contribution in [0.1, 0.15) is 40.0 Å². The lowest BCUT2D eigenvalue weighted by Crippen LogP contribution is -2.20. The molecule has 0 saturated carbocycles. The molecule has 13 heavy (non-hydrogen) atoms. The second-order valence-electron chi connectivity index (χ2n) is 4.35. The summed E-state index contributed by atoms with van der Waals surface area (Å²) >= 11 is 0. The molecule has 3 heteroatoms. The minimum absolute atomic E-state index is 0.0746. The summed E-state index contributed by atoms with van der Waals surface area (Å²) < 4.78 is 10.8. The average molecular weight is 204 g/mol. The van der Waals surface area contributed by atoms with Gasteiger partial charge in [0.05, 0.1) is 5.75 Å². The van der Waals surface area contributed by atoms with Gasteiger partial charge in [-0.3, -0.25) is 9.00 Å². The van der Waals surface area contributed by atoms with Crippen molar-refractivity contribution in [3.05, 3.63) is 0 Å². The van der Waals surface area contributed by atoms with Crippen molar-refractivity contribution >= 4 is 16.6 Å². The summed E-state index contributed by atoms with van der Waals surface area (Å²) in [5.41, 5.74) is 0.0746. The van der Waals surface area contributed by atoms with Crippen LogP contribution in [0.25, 0.3) is 0 Å². The Bertz CT molecular complexity index is 197. The van der Waals surface area contributed by atoms with E-state index < -0.39 is 10.8 Å². The lowest BCUT2D eigenvalue weighted by molar-refractivity contribution is -0.118. The van der Waals surface area contributed by atoms with E-state index in [1.807, 2.05) is 0 Å². The second-order valence-corrected chi connectivity index (χ2v) is 5.78. The molecule has 0 spiro atoms. The number of hydrogen-bond acceptors (Lipinski definition) is 2. The van der Waals surface area contributed by atoms with E-state index in [1.165, 1.54) is 0 Å². The van der Waals surface area contributed by atoms with Crippen molar-refractivity contribution < 1.29 is 9.00 Å². The van der Waals surface area contributed by atoms with Crippen LogP contribution < -0.4 is 0 Å². The highest BCUT2D eigenvalue weighted by Gasteiger charge is 2.21. The molecule has 0 heterocycles. The maximum absolute atomic E-state index is 11.4. The summed E-state index contributed by atoms with van der Waals surface area (Å²) in [6, 6.07) is 0. The van der Waals surface area contributed by atoms with Crippen LogP contribution in [-0.2, 0) is 15.6 Å². The maximum Gasteiger partial charge on any atom is 0.145 e. The van der Waals surface area contributed by atoms with Gasteiger partial charge in [0.1, 0.15) is 5.78 Å². The first kappa shape index (κ1) is 12.8. The second kappa shape index (κ2) is 5.53. The molecule has 0 aliphatic heterocycles. The SMILES string of the molecule is CCCC(C)(C)CC(=O)CS(C)=O. The van der Waals surface area contributed by atoms with Gasteiger partial charge in [-0.2, -0.15) is 0 Å². The monoisotopic (exact) mass is 204 g/mol. The normalized spacial score (nSPS) is 14.2. The molecular formula is C10H20O2S. The maximum atomic E-state index is 11.4. The van der Waals surface area contributed by atoms with E-state index in [2.05, 4.69) is 20.8 Å². The number of carbonyl (C=O) groups is 1. The number of hydrogen-bond donors (Lipinski definition) is 0. The Balaban J connectivity index is 3.96. The van der Waals surface area contributed by atoms with Crippen LogP contribution in [0.4, 0.5) is 0 Å². The van der Waals surface area contributed by atoms with E-state index >= 15 is 0 Å². The van der Waals surface area contributed by atoms with Gasteiger partial charge < -0.3 is 0 Å². The van der Waals surface area contributed by atoms with Gasteiger partial charge in [-0.25, -0.2) is 0 Å². The quantitative estimate of drug-likeness (QED) is 0.664. The van der Waals surface area contributed by atoms with Gasteiger partial charge in [0.2, 0.25) is 0 Å². The highest BCUT2D eigenvalue weighted by Crippen LogP contribution is 2.26. The van der Waals surface area contributed by atoms with E-state index in [-0.39, 0.29) is 17.0 Å². The van der Waals surface area contributed by atoms with Crippen molar-refractivity contribution in [1.29, 1.82) is 0 Å². The van der Waals surface area contributed by atoms with Crippen molar-refractivity contribution in [2.75, 3.05) is 12.0 Å². The Kier molecular flexibility index (Phi) is 5.45. The highest BCUT2D eigenvalue weighted by molar-refractivity contribution is 7.85. The number of rotatable bonds is 6. The van der Waals surface area contributed by atoms with Gasteiger partial charge in [0.15, 0.2) is 0 Å². The molecular weight excluding hydrogens is 184 g/mol. The number of Topliss-reactive ketones (excluding diaryl/α,β-unsaturated/α-hetero) is 1. The van der Waals surface area contributed by atoms with E-state index in [0.717, 1.165) is 12.8 Å². The predicted molar refractivity (Wildman–Crippen MR) is 57.2 cm³/mol. The van der Waals surface area contributed by atoms with E-state index in [1.54, 1.807) is 6.26 Å². The third kappa shape index (κ3) is 6.94. The summed E-state index contributed by atoms with van der Waals surface area (Å²) in [4.78, 5) is 11.4. The fourth-order valence-corrected chi connectivity index (χ4v) is 2.13. The zero-order chi connectivity index (χ0) is 10.5. The summed E-state index contributed by atoms with van der Waals surface area (Å²) in [6.07, 6.45) is 4.27. The van der Waals surface area contributed by atoms with Gasteiger partial charge in [0.25, 0.3) is 0 Å². The fraction of sp³-hybridized carbons (Fsp3) is 0.900. The highest BCUT2D eigenvalue weighted by atomic mass is 32.2. The molecule has 0 N–H and O–H groups in total. The average Bonchev–Trinajstić information content (AvgIpc) is 1.81. The van der Waals surface area contributed by atoms with Crippen LogP contribution in [0.2, 0.25) is 0 Å². The molecule has 0 aromatic heterocycles. The Hall–Kier alpha value is -0.180. The van der Waals surface area contributed by atoms with E-state index in [0.29, 0.717) is 6.42 Å². The Labute approximate surface area is 83.6 Å². The molecule has 0 fully saturated rings. The molecule has 1 unspecified atom stereocenters. The minimum Gasteiger partial charge on any atom is -0.299 e. The van der Waals surface area contributed by atoms with Crippen LogP contribution in [0.3, 0.4) is 0 Å². The van der Waals surface area contributed by atoms with E-state index in [4.69, 9.17) is 0 Å². The molecule has 0 rings (SSSR count). The molecule has 0 aromatic carbocycles. The Morgan fingerprint density at radius 2 is 1.92 bits per heavy atom. The van der Waals surface area contributed by atoms with Crippen LogP contribution in [0.15, 0.2) is 0 Å². The van der Waals surface area contributed by atoms with Crippen molar-refractivity contribution in [1.82, 2.24) is 0 Å². The van der Waals surface area contributed by atoms with Crippen LogP contribution in [0, 0.1) is 5.41 Å². The first-order valence-electron chi connectivity index (χ1n) is 4.69. The van der Waals surface area contributed by atoms with Gasteiger partial charge in [-0.1, -0.05) is 27.2 Å². The molecule has 0 saturated heterocycles. The van der Waals surface area contributed by atoms with Gasteiger partial charge in [0, 0.05) is 23.5 Å². The molecule has 0 aromatic rings. The fourth-order valence-electron chi connectivity index (χ4n) is 1.58. The number of carbonyl (C=O) groups excluding carboxylic acids is 1. The molecule has 0 aliphatic carbocycles. The molecule has 0 amide bonds. The van der Waals surface area contributed by atoms with E-state index in [9.17, 15) is 9.00 Å². The Morgan fingerprint density at radius 3 is 2.31 bits per heavy atom. The van der Waals surface area contributed by atoms with Crippen LogP contribution >= 0.6 is 0 Å². The first-order chi connectivity index (χ1) is 5.87. The zero-order valence-electron chi connectivity index (χ0n) is 9.05. The molecule has 2 nitrogen and oxygen atoms in total. The molecule has 0 bridgehead atoms. The van der Waals surface area contributed by atoms with Crippen molar-refractivity contribution in [2.45, 2.75) is 40.0 Å². The van der Waals surface area contributed by atoms with Gasteiger partial charge >= 0.3 is 0 Å². The summed E-state index contributed by atoms with van der Waals surface area (Å²) in [5, 5.41) is 0. The predicted octanol–water partition coefficient (Wildman–Crippen LogP) is 2.15. The zero-order valence-corrected chi connectivity index (χ0v) is 9.87. The van der Waals surface area contributed by atoms with Gasteiger partial charge in [-0.05, 0) is 11.8 Å². The largest absolute Gasteiger partial charge is 0.299 e. The van der Waals surface area contributed by atoms with Crippen molar-refractivity contribution in [3.63, 3.8) is 0 Å². The van der Waals surface area contributed by atoms with Gasteiger partial charge in [-0.15, -0.1) is 0 Å². The molecule has 78 valence electrons. The summed E-state index contributed by atoms with van der Waals surface area (Å²) in [6.45, 7) is 6.30. The molecule has 0 aliphatic rings. The number of ketones is 1. The standard InChI is InChI=1S/C10H20O2S/c1-5-6-10(2,3)7-9(11)8-13(4)12/h5-8H2,1-4H3. The topological polar surface area (TPSA) is 34.1 Å². The minimum atomic E-state index is -0.984. The lowest BCUT2D eigenvalue weighted by Gasteiger charge is -2.22. The third-order valence-corrected chi connectivity index (χ3v) is 2.70. The third-order valence-electron chi connectivity index (χ3n) is 1.97. The molecule has 0 radical (unpaired) electrons. The lowest BCUT2D eigenvalue weighted by atomic mass is 9.83. The van der Waals surface area contributed by atoms with Crippen LogP contribution in [0.5, 0.6) is 0 Å². The molecule has 1 atom stereocenters. The van der Waals surface area contributed by atoms with Crippen molar-refractivity contribution in [3.8, 4) is 0 Å².